The quantitative estimate of drug-likeness (QED) is 0.398. The summed E-state index contributed by atoms with van der Waals surface area (Å²) >= 11 is 0. The molecule has 8 nitrogen and oxygen atoms in total. The minimum absolute atomic E-state index is 0.00281. The van der Waals surface area contributed by atoms with Gasteiger partial charge in [0.05, 0.1) is 29.2 Å². The van der Waals surface area contributed by atoms with Gasteiger partial charge in [-0.05, 0) is 49.8 Å². The van der Waals surface area contributed by atoms with Crippen molar-refractivity contribution in [1.82, 2.24) is 9.88 Å². The minimum Gasteiger partial charge on any atom is -0.351 e. The van der Waals surface area contributed by atoms with Crippen LogP contribution >= 0.6 is 0 Å². The molecule has 8 heteroatoms. The second kappa shape index (κ2) is 9.38. The molecule has 0 bridgehead atoms. The number of allylic oxidation sites excluding steroid dienone is 2. The number of quaternary nitrogens is 1. The van der Waals surface area contributed by atoms with E-state index in [0.717, 1.165) is 83.7 Å². The van der Waals surface area contributed by atoms with Crippen molar-refractivity contribution < 1.29 is 9.39 Å². The second-order valence-electron chi connectivity index (χ2n) is 9.90. The van der Waals surface area contributed by atoms with E-state index in [1.807, 2.05) is 30.6 Å². The van der Waals surface area contributed by atoms with Crippen LogP contribution in [0.5, 0.6) is 0 Å². The van der Waals surface area contributed by atoms with Gasteiger partial charge in [-0.2, -0.15) is 10.8 Å². The van der Waals surface area contributed by atoms with Crippen LogP contribution in [0.3, 0.4) is 0 Å². The number of rotatable bonds is 5. The molecule has 1 aromatic heterocycles. The van der Waals surface area contributed by atoms with E-state index < -0.39 is 0 Å². The first-order valence-corrected chi connectivity index (χ1v) is 12.7. The molecule has 0 spiro atoms. The van der Waals surface area contributed by atoms with Crippen molar-refractivity contribution in [2.24, 2.45) is 27.5 Å². The Morgan fingerprint density at radius 1 is 1.03 bits per heavy atom. The zero-order valence-corrected chi connectivity index (χ0v) is 20.6. The number of urea groups is 1. The summed E-state index contributed by atoms with van der Waals surface area (Å²) < 4.78 is 0.00281. The molecule has 3 aromatic rings. The largest absolute Gasteiger partial charge is 0.351 e. The van der Waals surface area contributed by atoms with E-state index in [2.05, 4.69) is 47.5 Å². The van der Waals surface area contributed by atoms with E-state index in [9.17, 15) is 4.79 Å². The van der Waals surface area contributed by atoms with Crippen LogP contribution in [0.25, 0.3) is 22.2 Å². The van der Waals surface area contributed by atoms with Gasteiger partial charge in [0, 0.05) is 24.0 Å². The molecular formula is C29H30N7O+. The van der Waals surface area contributed by atoms with Crippen molar-refractivity contribution >= 4 is 29.0 Å². The third-order valence-corrected chi connectivity index (χ3v) is 7.61. The summed E-state index contributed by atoms with van der Waals surface area (Å²) in [7, 11) is 0. The Morgan fingerprint density at radius 2 is 1.81 bits per heavy atom. The number of benzene rings is 2. The van der Waals surface area contributed by atoms with Crippen molar-refractivity contribution in [2.45, 2.75) is 25.7 Å². The topological polar surface area (TPSA) is 110 Å². The van der Waals surface area contributed by atoms with Crippen LogP contribution in [-0.4, -0.2) is 45.6 Å². The van der Waals surface area contributed by atoms with E-state index in [1.165, 1.54) is 0 Å². The number of pyridine rings is 1. The van der Waals surface area contributed by atoms with Gasteiger partial charge in [0.1, 0.15) is 11.9 Å². The Labute approximate surface area is 215 Å². The normalized spacial score (nSPS) is 21.4. The van der Waals surface area contributed by atoms with Gasteiger partial charge in [-0.15, -0.1) is 4.59 Å². The lowest BCUT2D eigenvalue weighted by molar-refractivity contribution is -0.750. The number of amidine groups is 1. The van der Waals surface area contributed by atoms with Crippen molar-refractivity contribution in [3.8, 4) is 11.3 Å². The fourth-order valence-electron chi connectivity index (χ4n) is 5.44. The first-order chi connectivity index (χ1) is 18.0. The zero-order valence-electron chi connectivity index (χ0n) is 20.6. The minimum atomic E-state index is -0.329. The average Bonchev–Trinajstić information content (AvgIpc) is 3.24. The number of aromatic nitrogens is 1. The predicted octanol–water partition coefficient (Wildman–Crippen LogP) is 4.69. The second-order valence-corrected chi connectivity index (χ2v) is 9.90. The predicted molar refractivity (Wildman–Crippen MR) is 146 cm³/mol. The summed E-state index contributed by atoms with van der Waals surface area (Å²) in [6, 6.07) is 20.2. The highest BCUT2D eigenvalue weighted by Crippen LogP contribution is 2.35. The summed E-state index contributed by atoms with van der Waals surface area (Å²) in [6.07, 6.45) is 9.14. The highest BCUT2D eigenvalue weighted by Gasteiger charge is 2.43. The molecule has 1 unspecified atom stereocenters. The third kappa shape index (κ3) is 4.34. The van der Waals surface area contributed by atoms with Crippen molar-refractivity contribution in [3.63, 3.8) is 0 Å². The molecule has 4 N–H and O–H groups in total. The lowest BCUT2D eigenvalue weighted by Gasteiger charge is -2.30. The monoisotopic (exact) mass is 492 g/mol. The molecule has 0 saturated carbocycles. The lowest BCUT2D eigenvalue weighted by atomic mass is 9.91. The van der Waals surface area contributed by atoms with Crippen molar-refractivity contribution in [1.29, 1.82) is 0 Å². The van der Waals surface area contributed by atoms with E-state index in [0.29, 0.717) is 5.92 Å². The van der Waals surface area contributed by atoms with Gasteiger partial charge < -0.3 is 10.6 Å². The summed E-state index contributed by atoms with van der Waals surface area (Å²) in [5, 5.41) is 1.07. The van der Waals surface area contributed by atoms with Crippen LogP contribution < -0.4 is 11.6 Å². The van der Waals surface area contributed by atoms with Crippen LogP contribution in [0.2, 0.25) is 0 Å². The third-order valence-electron chi connectivity index (χ3n) is 7.61. The highest BCUT2D eigenvalue weighted by molar-refractivity contribution is 6.02. The number of carbonyl (C=O) groups is 1. The standard InChI is InChI=1S/C29H29N7O/c30-29(37)35-15-12-20(13-16-35)6-10-25-27-19-32-14-17-36(27,31)28(34-25)23-8-7-22-9-11-24(33-26(22)18-23)21-4-2-1-3-5-21/h1-5,7-9,11,14,17-20H,6,10,12-13,15-16,31H2,(H-,30,37)/p+1. The molecule has 3 aliphatic heterocycles. The van der Waals surface area contributed by atoms with Crippen LogP contribution in [0.1, 0.15) is 31.2 Å². The maximum Gasteiger partial charge on any atom is 0.314 e. The maximum atomic E-state index is 11.4. The van der Waals surface area contributed by atoms with Crippen molar-refractivity contribution in [3.05, 3.63) is 90.0 Å². The number of likely N-dealkylation sites (tertiary alicyclic amines) is 1. The Bertz CT molecular complexity index is 1480. The fourth-order valence-corrected chi connectivity index (χ4v) is 5.44. The Kier molecular flexibility index (Phi) is 5.90. The van der Waals surface area contributed by atoms with Gasteiger partial charge in [0.2, 0.25) is 5.70 Å². The average molecular weight is 493 g/mol. The van der Waals surface area contributed by atoms with Crippen LogP contribution in [0, 0.1) is 5.92 Å². The van der Waals surface area contributed by atoms with E-state index in [-0.39, 0.29) is 10.6 Å². The number of aliphatic imine (C=N–C) groups is 2. The lowest BCUT2D eigenvalue weighted by Crippen LogP contribution is -2.53. The number of fused-ring (bicyclic) bond motifs is 2. The highest BCUT2D eigenvalue weighted by atomic mass is 16.2. The number of primary amides is 1. The summed E-state index contributed by atoms with van der Waals surface area (Å²) in [5.74, 6) is 8.24. The first kappa shape index (κ1) is 23.3. The molecule has 0 aliphatic carbocycles. The molecule has 37 heavy (non-hydrogen) atoms. The van der Waals surface area contributed by atoms with Crippen LogP contribution in [-0.2, 0) is 0 Å². The number of hydrogen-bond acceptors (Lipinski definition) is 5. The Morgan fingerprint density at radius 3 is 2.59 bits per heavy atom. The Balaban J connectivity index is 1.28. The van der Waals surface area contributed by atoms with Gasteiger partial charge in [0.25, 0.3) is 5.84 Å². The Hall–Kier alpha value is -4.14. The van der Waals surface area contributed by atoms with E-state index in [1.54, 1.807) is 11.1 Å². The number of hydrogen-bond donors (Lipinski definition) is 2. The number of nitrogens with two attached hydrogens (primary N) is 2. The van der Waals surface area contributed by atoms with Gasteiger partial charge in [-0.1, -0.05) is 42.5 Å². The summed E-state index contributed by atoms with van der Waals surface area (Å²) in [4.78, 5) is 27.5. The molecule has 1 atom stereocenters. The van der Waals surface area contributed by atoms with Crippen LogP contribution in [0.4, 0.5) is 4.79 Å². The molecule has 2 amide bonds. The van der Waals surface area contributed by atoms with Gasteiger partial charge in [-0.25, -0.2) is 9.78 Å². The molecule has 3 aliphatic rings. The molecule has 4 heterocycles. The fraction of sp³-hybridized carbons (Fsp3) is 0.241. The van der Waals surface area contributed by atoms with E-state index >= 15 is 0 Å². The molecule has 6 rings (SSSR count). The van der Waals surface area contributed by atoms with Crippen LogP contribution in [0.15, 0.2) is 94.4 Å². The van der Waals surface area contributed by atoms with Crippen molar-refractivity contribution in [2.75, 3.05) is 13.1 Å². The number of amides is 2. The number of nitrogens with zero attached hydrogens (tertiary/aromatic N) is 5. The zero-order chi connectivity index (χ0) is 25.4. The SMILES string of the molecule is NC(=O)N1CCC(CCC2=C3C=NC=C[N+]3(N)C(c3ccc4ccc(-c5ccccc5)nc4c3)=N2)CC1. The van der Waals surface area contributed by atoms with Gasteiger partial charge in [-0.3, -0.25) is 4.99 Å². The van der Waals surface area contributed by atoms with Gasteiger partial charge in [0.15, 0.2) is 0 Å². The number of piperidine rings is 1. The first-order valence-electron chi connectivity index (χ1n) is 12.7. The molecule has 2 aromatic carbocycles. The molecule has 1 fully saturated rings. The molecule has 1 saturated heterocycles. The molecule has 0 radical (unpaired) electrons. The van der Waals surface area contributed by atoms with E-state index in [4.69, 9.17) is 21.6 Å². The van der Waals surface area contributed by atoms with Gasteiger partial charge >= 0.3 is 6.03 Å². The molecule has 186 valence electrons. The summed E-state index contributed by atoms with van der Waals surface area (Å²) in [6.45, 7) is 1.44. The maximum absolute atomic E-state index is 11.4. The molecular weight excluding hydrogens is 462 g/mol. The summed E-state index contributed by atoms with van der Waals surface area (Å²) in [5.41, 5.74) is 11.2. The number of carbonyl (C=O) groups excluding carboxylic acids is 1. The smallest absolute Gasteiger partial charge is 0.314 e.